The van der Waals surface area contributed by atoms with Gasteiger partial charge in [0.25, 0.3) is 0 Å². The minimum Gasteiger partial charge on any atom is -0.0772 e. The Labute approximate surface area is 78.1 Å². The van der Waals surface area contributed by atoms with Gasteiger partial charge in [-0.05, 0) is 33.1 Å². The van der Waals surface area contributed by atoms with Gasteiger partial charge in [0.2, 0.25) is 0 Å². The standard InChI is InChI=1S/C12H24/c1-6-7-8-9-11(4)12(5)10(2)3/h11H,6-9H2,1-5H3. The van der Waals surface area contributed by atoms with Crippen molar-refractivity contribution in [3.8, 4) is 0 Å². The highest BCUT2D eigenvalue weighted by atomic mass is 14.1. The van der Waals surface area contributed by atoms with Gasteiger partial charge in [-0.25, -0.2) is 0 Å². The molecule has 12 heavy (non-hydrogen) atoms. The molecule has 72 valence electrons. The van der Waals surface area contributed by atoms with Crippen molar-refractivity contribution in [1.82, 2.24) is 0 Å². The summed E-state index contributed by atoms with van der Waals surface area (Å²) in [5, 5.41) is 0. The second-order valence-electron chi connectivity index (χ2n) is 4.08. The maximum atomic E-state index is 2.35. The maximum Gasteiger partial charge on any atom is -0.0232 e. The van der Waals surface area contributed by atoms with Crippen LogP contribution in [0, 0.1) is 5.92 Å². The molecular weight excluding hydrogens is 144 g/mol. The normalized spacial score (nSPS) is 12.8. The number of hydrogen-bond acceptors (Lipinski definition) is 0. The minimum atomic E-state index is 0.793. The average molecular weight is 168 g/mol. The summed E-state index contributed by atoms with van der Waals surface area (Å²) < 4.78 is 0. The van der Waals surface area contributed by atoms with Gasteiger partial charge >= 0.3 is 0 Å². The van der Waals surface area contributed by atoms with Crippen molar-refractivity contribution in [2.24, 2.45) is 5.92 Å². The van der Waals surface area contributed by atoms with Crippen LogP contribution in [0.5, 0.6) is 0 Å². The molecule has 0 nitrogen and oxygen atoms in total. The molecule has 0 aromatic carbocycles. The second kappa shape index (κ2) is 6.28. The largest absolute Gasteiger partial charge is 0.0772 e. The van der Waals surface area contributed by atoms with E-state index < -0.39 is 0 Å². The topological polar surface area (TPSA) is 0 Å². The van der Waals surface area contributed by atoms with Crippen LogP contribution in [0.3, 0.4) is 0 Å². The van der Waals surface area contributed by atoms with Gasteiger partial charge in [-0.1, -0.05) is 44.3 Å². The van der Waals surface area contributed by atoms with Gasteiger partial charge in [0, 0.05) is 0 Å². The van der Waals surface area contributed by atoms with Crippen LogP contribution in [0.2, 0.25) is 0 Å². The summed E-state index contributed by atoms with van der Waals surface area (Å²) in [5.74, 6) is 0.793. The van der Waals surface area contributed by atoms with Gasteiger partial charge in [-0.15, -0.1) is 0 Å². The Morgan fingerprint density at radius 3 is 2.08 bits per heavy atom. The molecule has 0 N–H and O–H groups in total. The first-order valence-corrected chi connectivity index (χ1v) is 5.23. The van der Waals surface area contributed by atoms with Gasteiger partial charge in [-0.2, -0.15) is 0 Å². The fourth-order valence-electron chi connectivity index (χ4n) is 1.41. The van der Waals surface area contributed by atoms with E-state index in [1.165, 1.54) is 31.3 Å². The van der Waals surface area contributed by atoms with E-state index in [-0.39, 0.29) is 0 Å². The molecule has 0 aromatic rings. The Kier molecular flexibility index (Phi) is 6.14. The summed E-state index contributed by atoms with van der Waals surface area (Å²) in [6.07, 6.45) is 5.48. The van der Waals surface area contributed by atoms with Gasteiger partial charge in [-0.3, -0.25) is 0 Å². The van der Waals surface area contributed by atoms with Crippen molar-refractivity contribution >= 4 is 0 Å². The predicted octanol–water partition coefficient (Wildman–Crippen LogP) is 4.56. The minimum absolute atomic E-state index is 0.793. The first kappa shape index (κ1) is 11.7. The monoisotopic (exact) mass is 168 g/mol. The molecule has 0 saturated heterocycles. The van der Waals surface area contributed by atoms with Crippen molar-refractivity contribution < 1.29 is 0 Å². The Morgan fingerprint density at radius 2 is 1.67 bits per heavy atom. The molecule has 0 bridgehead atoms. The third-order valence-electron chi connectivity index (χ3n) is 2.77. The Hall–Kier alpha value is -0.260. The number of allylic oxidation sites excluding steroid dienone is 2. The van der Waals surface area contributed by atoms with Crippen LogP contribution >= 0.6 is 0 Å². The fraction of sp³-hybridized carbons (Fsp3) is 0.833. The van der Waals surface area contributed by atoms with Gasteiger partial charge in [0.1, 0.15) is 0 Å². The number of rotatable bonds is 5. The van der Waals surface area contributed by atoms with Crippen LogP contribution < -0.4 is 0 Å². The SMILES string of the molecule is CCCCCC(C)C(C)=C(C)C. The third-order valence-corrected chi connectivity index (χ3v) is 2.77. The molecule has 1 atom stereocenters. The van der Waals surface area contributed by atoms with Crippen molar-refractivity contribution in [2.45, 2.75) is 60.3 Å². The quantitative estimate of drug-likeness (QED) is 0.417. The summed E-state index contributed by atoms with van der Waals surface area (Å²) in [6, 6.07) is 0. The average Bonchev–Trinajstić information content (AvgIpc) is 2.03. The van der Waals surface area contributed by atoms with Crippen LogP contribution in [0.25, 0.3) is 0 Å². The summed E-state index contributed by atoms with van der Waals surface area (Å²) in [5.41, 5.74) is 3.09. The summed E-state index contributed by atoms with van der Waals surface area (Å²) in [7, 11) is 0. The molecule has 0 saturated carbocycles. The zero-order valence-corrected chi connectivity index (χ0v) is 9.41. The molecule has 0 heteroatoms. The highest BCUT2D eigenvalue weighted by molar-refractivity contribution is 5.09. The van der Waals surface area contributed by atoms with E-state index in [4.69, 9.17) is 0 Å². The molecule has 0 spiro atoms. The van der Waals surface area contributed by atoms with E-state index in [2.05, 4.69) is 34.6 Å². The molecule has 0 aliphatic carbocycles. The molecule has 0 rings (SSSR count). The second-order valence-corrected chi connectivity index (χ2v) is 4.08. The van der Waals surface area contributed by atoms with Crippen molar-refractivity contribution in [1.29, 1.82) is 0 Å². The predicted molar refractivity (Wildman–Crippen MR) is 57.4 cm³/mol. The van der Waals surface area contributed by atoms with E-state index >= 15 is 0 Å². The van der Waals surface area contributed by atoms with Gasteiger partial charge < -0.3 is 0 Å². The first-order chi connectivity index (χ1) is 5.59. The fourth-order valence-corrected chi connectivity index (χ4v) is 1.41. The van der Waals surface area contributed by atoms with Crippen LogP contribution in [0.1, 0.15) is 60.3 Å². The zero-order chi connectivity index (χ0) is 9.56. The smallest absolute Gasteiger partial charge is 0.0232 e. The first-order valence-electron chi connectivity index (χ1n) is 5.23. The molecule has 0 fully saturated rings. The lowest BCUT2D eigenvalue weighted by Crippen LogP contribution is -1.97. The molecule has 0 aromatic heterocycles. The summed E-state index contributed by atoms with van der Waals surface area (Å²) >= 11 is 0. The molecule has 1 unspecified atom stereocenters. The van der Waals surface area contributed by atoms with Crippen LogP contribution in [0.4, 0.5) is 0 Å². The molecule has 0 radical (unpaired) electrons. The Bertz CT molecular complexity index is 138. The Morgan fingerprint density at radius 1 is 1.08 bits per heavy atom. The number of unbranched alkanes of at least 4 members (excludes halogenated alkanes) is 2. The lowest BCUT2D eigenvalue weighted by Gasteiger charge is -2.13. The summed E-state index contributed by atoms with van der Waals surface area (Å²) in [4.78, 5) is 0. The van der Waals surface area contributed by atoms with E-state index in [1.807, 2.05) is 0 Å². The van der Waals surface area contributed by atoms with Crippen LogP contribution in [-0.4, -0.2) is 0 Å². The Balaban J connectivity index is 3.72. The van der Waals surface area contributed by atoms with Gasteiger partial charge in [0.05, 0.1) is 0 Å². The summed E-state index contributed by atoms with van der Waals surface area (Å²) in [6.45, 7) is 11.3. The highest BCUT2D eigenvalue weighted by Gasteiger charge is 2.04. The highest BCUT2D eigenvalue weighted by Crippen LogP contribution is 2.20. The third kappa shape index (κ3) is 4.58. The number of hydrogen-bond donors (Lipinski definition) is 0. The van der Waals surface area contributed by atoms with Crippen molar-refractivity contribution in [3.05, 3.63) is 11.1 Å². The van der Waals surface area contributed by atoms with E-state index in [1.54, 1.807) is 5.57 Å². The van der Waals surface area contributed by atoms with Gasteiger partial charge in [0.15, 0.2) is 0 Å². The molecular formula is C12H24. The molecule has 0 amide bonds. The molecule has 0 aliphatic rings. The molecule has 0 aliphatic heterocycles. The van der Waals surface area contributed by atoms with E-state index in [9.17, 15) is 0 Å². The van der Waals surface area contributed by atoms with E-state index in [0.29, 0.717) is 0 Å². The van der Waals surface area contributed by atoms with Crippen LogP contribution in [-0.2, 0) is 0 Å². The van der Waals surface area contributed by atoms with Crippen LogP contribution in [0.15, 0.2) is 11.1 Å². The molecule has 0 heterocycles. The van der Waals surface area contributed by atoms with E-state index in [0.717, 1.165) is 5.92 Å². The lowest BCUT2D eigenvalue weighted by molar-refractivity contribution is 0.550. The van der Waals surface area contributed by atoms with Crippen molar-refractivity contribution in [3.63, 3.8) is 0 Å². The maximum absolute atomic E-state index is 2.35. The zero-order valence-electron chi connectivity index (χ0n) is 9.41. The van der Waals surface area contributed by atoms with Crippen molar-refractivity contribution in [2.75, 3.05) is 0 Å². The lowest BCUT2D eigenvalue weighted by atomic mass is 9.93.